The number of benzene rings is 1. The van der Waals surface area contributed by atoms with Crippen LogP contribution in [0.15, 0.2) is 30.6 Å². The summed E-state index contributed by atoms with van der Waals surface area (Å²) >= 11 is 0. The molecule has 0 aliphatic carbocycles. The number of nitrogens with two attached hydrogens (primary N) is 1. The van der Waals surface area contributed by atoms with Gasteiger partial charge in [0.05, 0.1) is 6.20 Å². The Labute approximate surface area is 138 Å². The molecule has 1 aliphatic heterocycles. The van der Waals surface area contributed by atoms with E-state index < -0.39 is 11.7 Å². The van der Waals surface area contributed by atoms with Crippen molar-refractivity contribution in [1.82, 2.24) is 4.98 Å². The fourth-order valence-electron chi connectivity index (χ4n) is 2.68. The minimum absolute atomic E-state index is 0.0295. The van der Waals surface area contributed by atoms with E-state index in [-0.39, 0.29) is 12.5 Å². The number of ether oxygens (including phenoxy) is 1. The van der Waals surface area contributed by atoms with Gasteiger partial charge < -0.3 is 15.4 Å². The zero-order valence-corrected chi connectivity index (χ0v) is 13.1. The molecule has 1 aliphatic rings. The largest absolute Gasteiger partial charge is 0.482 e. The maximum atomic E-state index is 14.5. The van der Waals surface area contributed by atoms with Crippen LogP contribution in [-0.4, -0.2) is 30.5 Å². The molecular weight excluding hydrogens is 313 g/mol. The number of halogens is 1. The molecule has 6 nitrogen and oxygen atoms in total. The predicted octanol–water partition coefficient (Wildman–Crippen LogP) is 1.66. The summed E-state index contributed by atoms with van der Waals surface area (Å²) in [4.78, 5) is 28.0. The number of hydrogen-bond acceptors (Lipinski definition) is 4. The number of anilines is 1. The summed E-state index contributed by atoms with van der Waals surface area (Å²) in [6.07, 6.45) is 3.90. The number of fused-ring (bicyclic) bond motifs is 1. The van der Waals surface area contributed by atoms with E-state index in [9.17, 15) is 14.0 Å². The Balaban J connectivity index is 1.97. The Morgan fingerprint density at radius 3 is 2.88 bits per heavy atom. The van der Waals surface area contributed by atoms with Gasteiger partial charge in [0, 0.05) is 36.5 Å². The number of aryl methyl sites for hydroxylation is 1. The lowest BCUT2D eigenvalue weighted by molar-refractivity contribution is -0.120. The second-order valence-corrected chi connectivity index (χ2v) is 5.58. The molecular formula is C17H16FN3O3. The lowest BCUT2D eigenvalue weighted by Crippen LogP contribution is -2.31. The highest BCUT2D eigenvalue weighted by molar-refractivity contribution is 5.96. The average molecular weight is 329 g/mol. The van der Waals surface area contributed by atoms with E-state index in [1.165, 1.54) is 23.4 Å². The van der Waals surface area contributed by atoms with E-state index in [2.05, 4.69) is 4.98 Å². The van der Waals surface area contributed by atoms with Gasteiger partial charge in [-0.05, 0) is 30.2 Å². The van der Waals surface area contributed by atoms with E-state index in [1.807, 2.05) is 0 Å². The van der Waals surface area contributed by atoms with Gasteiger partial charge in [-0.15, -0.1) is 0 Å². The first-order valence-corrected chi connectivity index (χ1v) is 7.41. The van der Waals surface area contributed by atoms with Gasteiger partial charge >= 0.3 is 0 Å². The van der Waals surface area contributed by atoms with Gasteiger partial charge in [-0.25, -0.2) is 4.39 Å². The van der Waals surface area contributed by atoms with Gasteiger partial charge in [0.1, 0.15) is 11.6 Å². The van der Waals surface area contributed by atoms with Crippen molar-refractivity contribution in [2.75, 3.05) is 18.6 Å². The van der Waals surface area contributed by atoms with Crippen molar-refractivity contribution in [3.05, 3.63) is 42.0 Å². The number of carbonyl (C=O) groups is 2. The third-order valence-corrected chi connectivity index (χ3v) is 3.92. The van der Waals surface area contributed by atoms with Crippen LogP contribution in [0.4, 0.5) is 10.1 Å². The molecule has 0 bridgehead atoms. The van der Waals surface area contributed by atoms with Gasteiger partial charge in [0.15, 0.2) is 6.61 Å². The van der Waals surface area contributed by atoms with E-state index in [0.717, 1.165) is 5.56 Å². The smallest absolute Gasteiger partial charge is 0.255 e. The molecule has 3 rings (SSSR count). The third kappa shape index (κ3) is 3.05. The highest BCUT2D eigenvalue weighted by atomic mass is 19.1. The number of hydrogen-bond donors (Lipinski definition) is 1. The van der Waals surface area contributed by atoms with Gasteiger partial charge in [-0.2, -0.15) is 0 Å². The molecule has 1 aromatic heterocycles. The van der Waals surface area contributed by atoms with Crippen molar-refractivity contribution in [2.24, 2.45) is 5.73 Å². The van der Waals surface area contributed by atoms with Crippen molar-refractivity contribution in [3.63, 3.8) is 0 Å². The molecule has 2 N–H and O–H groups in total. The van der Waals surface area contributed by atoms with Crippen LogP contribution in [0.5, 0.6) is 5.75 Å². The van der Waals surface area contributed by atoms with Crippen molar-refractivity contribution < 1.29 is 18.7 Å². The molecule has 0 unspecified atom stereocenters. The number of aromatic nitrogens is 1. The molecule has 24 heavy (non-hydrogen) atoms. The van der Waals surface area contributed by atoms with Crippen molar-refractivity contribution in [1.29, 1.82) is 0 Å². The quantitative estimate of drug-likeness (QED) is 0.924. The van der Waals surface area contributed by atoms with Crippen LogP contribution in [0.3, 0.4) is 0 Å². The highest BCUT2D eigenvalue weighted by Crippen LogP contribution is 2.34. The third-order valence-electron chi connectivity index (χ3n) is 3.92. The van der Waals surface area contributed by atoms with Gasteiger partial charge in [0.2, 0.25) is 5.91 Å². The van der Waals surface area contributed by atoms with Gasteiger partial charge in [-0.3, -0.25) is 14.6 Å². The summed E-state index contributed by atoms with van der Waals surface area (Å²) in [7, 11) is 1.64. The highest BCUT2D eigenvalue weighted by Gasteiger charge is 2.23. The van der Waals surface area contributed by atoms with Crippen LogP contribution >= 0.6 is 0 Å². The molecule has 7 heteroatoms. The summed E-state index contributed by atoms with van der Waals surface area (Å²) < 4.78 is 19.7. The Hall–Kier alpha value is -2.96. The Bertz CT molecular complexity index is 823. The van der Waals surface area contributed by atoms with E-state index in [4.69, 9.17) is 10.5 Å². The second kappa shape index (κ2) is 6.27. The average Bonchev–Trinajstić information content (AvgIpc) is 2.57. The van der Waals surface area contributed by atoms with Crippen molar-refractivity contribution >= 4 is 17.5 Å². The molecule has 0 saturated carbocycles. The summed E-state index contributed by atoms with van der Waals surface area (Å²) in [5, 5.41) is 0. The van der Waals surface area contributed by atoms with Crippen molar-refractivity contribution in [2.45, 2.75) is 12.8 Å². The van der Waals surface area contributed by atoms with Crippen LogP contribution in [-0.2, 0) is 16.0 Å². The molecule has 0 saturated heterocycles. The molecule has 0 spiro atoms. The second-order valence-electron chi connectivity index (χ2n) is 5.58. The van der Waals surface area contributed by atoms with Gasteiger partial charge in [-0.1, -0.05) is 0 Å². The van der Waals surface area contributed by atoms with Crippen LogP contribution in [0, 0.1) is 5.82 Å². The fourth-order valence-corrected chi connectivity index (χ4v) is 2.68. The van der Waals surface area contributed by atoms with Crippen LogP contribution < -0.4 is 15.4 Å². The normalized spacial score (nSPS) is 13.6. The topological polar surface area (TPSA) is 85.5 Å². The molecule has 0 atom stereocenters. The molecule has 2 heterocycles. The minimum atomic E-state index is -0.604. The van der Waals surface area contributed by atoms with Crippen LogP contribution in [0.2, 0.25) is 0 Å². The van der Waals surface area contributed by atoms with E-state index in [1.54, 1.807) is 19.2 Å². The Morgan fingerprint density at radius 2 is 2.12 bits per heavy atom. The number of carbonyl (C=O) groups excluding carboxylic acids is 2. The fraction of sp³-hybridized carbons (Fsp3) is 0.235. The standard InChI is InChI=1S/C17H16FN3O3/c1-21-15-6-14(18)13(5-10(15)2-3-17(21)23)11-4-12(8-20-7-11)24-9-16(19)22/h4-8H,2-3,9H2,1H3,(H2,19,22). The molecule has 0 fully saturated rings. The number of rotatable bonds is 4. The zero-order valence-electron chi connectivity index (χ0n) is 13.1. The monoisotopic (exact) mass is 329 g/mol. The van der Waals surface area contributed by atoms with E-state index >= 15 is 0 Å². The molecule has 0 radical (unpaired) electrons. The van der Waals surface area contributed by atoms with Gasteiger partial charge in [0.25, 0.3) is 5.91 Å². The van der Waals surface area contributed by atoms with E-state index in [0.29, 0.717) is 35.4 Å². The van der Waals surface area contributed by atoms with Crippen LogP contribution in [0.25, 0.3) is 11.1 Å². The summed E-state index contributed by atoms with van der Waals surface area (Å²) in [6.45, 7) is -0.273. The predicted molar refractivity (Wildman–Crippen MR) is 86.1 cm³/mol. The number of primary amides is 1. The SMILES string of the molecule is CN1C(=O)CCc2cc(-c3cncc(OCC(N)=O)c3)c(F)cc21. The summed E-state index contributed by atoms with van der Waals surface area (Å²) in [6, 6.07) is 4.68. The number of pyridine rings is 1. The first-order valence-electron chi connectivity index (χ1n) is 7.41. The molecule has 2 amide bonds. The lowest BCUT2D eigenvalue weighted by Gasteiger charge is -2.26. The molecule has 2 aromatic rings. The molecule has 1 aromatic carbocycles. The number of nitrogens with zero attached hydrogens (tertiary/aromatic N) is 2. The molecule has 124 valence electrons. The Kier molecular flexibility index (Phi) is 4.16. The summed E-state index contributed by atoms with van der Waals surface area (Å²) in [5.74, 6) is -0.758. The lowest BCUT2D eigenvalue weighted by atomic mass is 9.96. The van der Waals surface area contributed by atoms with Crippen LogP contribution in [0.1, 0.15) is 12.0 Å². The first kappa shape index (κ1) is 15.9. The first-order chi connectivity index (χ1) is 11.5. The summed E-state index contributed by atoms with van der Waals surface area (Å²) in [5.41, 5.74) is 7.42. The number of amides is 2. The zero-order chi connectivity index (χ0) is 17.3. The minimum Gasteiger partial charge on any atom is -0.482 e. The Morgan fingerprint density at radius 1 is 1.33 bits per heavy atom. The maximum Gasteiger partial charge on any atom is 0.255 e. The maximum absolute atomic E-state index is 14.5. The van der Waals surface area contributed by atoms with Crippen molar-refractivity contribution in [3.8, 4) is 16.9 Å².